The molecule has 7 nitrogen and oxygen atoms in total. The Morgan fingerprint density at radius 1 is 1.46 bits per heavy atom. The quantitative estimate of drug-likeness (QED) is 0.890. The van der Waals surface area contributed by atoms with Gasteiger partial charge in [0.05, 0.1) is 30.0 Å². The number of aromatic amines is 1. The van der Waals surface area contributed by atoms with E-state index in [4.69, 9.17) is 14.7 Å². The minimum absolute atomic E-state index is 0.0535. The predicted octanol–water partition coefficient (Wildman–Crippen LogP) is 2.45. The van der Waals surface area contributed by atoms with E-state index in [0.717, 1.165) is 11.3 Å². The van der Waals surface area contributed by atoms with Gasteiger partial charge in [0.2, 0.25) is 0 Å². The third-order valence-corrected chi connectivity index (χ3v) is 4.47. The van der Waals surface area contributed by atoms with Gasteiger partial charge >= 0.3 is 0 Å². The molecule has 3 rings (SSSR count). The number of H-pyrrole nitrogens is 1. The molecule has 2 heterocycles. The van der Waals surface area contributed by atoms with Crippen molar-refractivity contribution in [3.05, 3.63) is 46.8 Å². The van der Waals surface area contributed by atoms with E-state index >= 15 is 0 Å². The lowest BCUT2D eigenvalue weighted by atomic mass is 9.99. The summed E-state index contributed by atoms with van der Waals surface area (Å²) in [5, 5.41) is 16.2. The maximum absolute atomic E-state index is 12.8. The Bertz CT molecular complexity index is 840. The molecule has 0 aliphatic carbocycles. The number of likely N-dealkylation sites (N-methyl/N-ethyl adjacent to an activating group) is 1. The Hall–Kier alpha value is -2.85. The number of carbonyl (C=O) groups is 1. The zero-order chi connectivity index (χ0) is 18.7. The summed E-state index contributed by atoms with van der Waals surface area (Å²) in [5.74, 6) is 0.369. The second-order valence-corrected chi connectivity index (χ2v) is 6.44. The molecule has 0 fully saturated rings. The summed E-state index contributed by atoms with van der Waals surface area (Å²) in [7, 11) is 1.72. The number of aromatic nitrogens is 2. The zero-order valence-electron chi connectivity index (χ0n) is 15.2. The van der Waals surface area contributed by atoms with Crippen LogP contribution >= 0.6 is 0 Å². The zero-order valence-corrected chi connectivity index (χ0v) is 15.2. The molecule has 1 N–H and O–H groups in total. The summed E-state index contributed by atoms with van der Waals surface area (Å²) >= 11 is 0. The van der Waals surface area contributed by atoms with Crippen LogP contribution in [0.25, 0.3) is 0 Å². The van der Waals surface area contributed by atoms with Crippen LogP contribution in [-0.4, -0.2) is 47.3 Å². The average Bonchev–Trinajstić information content (AvgIpc) is 3.05. The van der Waals surface area contributed by atoms with Gasteiger partial charge in [-0.1, -0.05) is 12.1 Å². The van der Waals surface area contributed by atoms with Gasteiger partial charge in [0.15, 0.2) is 5.69 Å². The van der Waals surface area contributed by atoms with Crippen LogP contribution in [-0.2, 0) is 11.2 Å². The summed E-state index contributed by atoms with van der Waals surface area (Å²) in [6.45, 7) is 4.63. The van der Waals surface area contributed by atoms with Crippen LogP contribution in [0, 0.1) is 11.3 Å². The molecule has 1 aliphatic rings. The first-order valence-electron chi connectivity index (χ1n) is 8.61. The van der Waals surface area contributed by atoms with Crippen molar-refractivity contribution in [1.82, 2.24) is 15.1 Å². The number of ether oxygens (including phenoxy) is 2. The van der Waals surface area contributed by atoms with E-state index in [1.807, 2.05) is 19.9 Å². The van der Waals surface area contributed by atoms with Gasteiger partial charge in [-0.3, -0.25) is 9.89 Å². The van der Waals surface area contributed by atoms with E-state index in [1.54, 1.807) is 30.1 Å². The largest absolute Gasteiger partial charge is 0.490 e. The number of amides is 1. The summed E-state index contributed by atoms with van der Waals surface area (Å²) in [4.78, 5) is 14.3. The molecule has 1 aromatic heterocycles. The Kier molecular flexibility index (Phi) is 5.24. The molecule has 136 valence electrons. The average molecular weight is 354 g/mol. The van der Waals surface area contributed by atoms with Crippen LogP contribution in [0.15, 0.2) is 24.3 Å². The van der Waals surface area contributed by atoms with Gasteiger partial charge in [0, 0.05) is 19.0 Å². The molecule has 1 aromatic carbocycles. The van der Waals surface area contributed by atoms with Crippen molar-refractivity contribution in [2.45, 2.75) is 32.5 Å². The van der Waals surface area contributed by atoms with E-state index in [0.29, 0.717) is 36.6 Å². The van der Waals surface area contributed by atoms with Crippen LogP contribution in [0.1, 0.15) is 47.3 Å². The highest BCUT2D eigenvalue weighted by atomic mass is 16.5. The van der Waals surface area contributed by atoms with Crippen molar-refractivity contribution >= 4 is 5.91 Å². The molecule has 26 heavy (non-hydrogen) atoms. The number of nitrogens with one attached hydrogen (secondary N) is 1. The van der Waals surface area contributed by atoms with E-state index in [9.17, 15) is 4.79 Å². The number of hydrogen-bond acceptors (Lipinski definition) is 5. The van der Waals surface area contributed by atoms with Gasteiger partial charge < -0.3 is 14.4 Å². The van der Waals surface area contributed by atoms with Crippen molar-refractivity contribution in [2.24, 2.45) is 0 Å². The molecule has 0 spiro atoms. The van der Waals surface area contributed by atoms with Gasteiger partial charge in [0.1, 0.15) is 18.4 Å². The van der Waals surface area contributed by atoms with E-state index in [1.165, 1.54) is 0 Å². The highest BCUT2D eigenvalue weighted by Gasteiger charge is 2.30. The molecule has 2 aromatic rings. The molecule has 0 unspecified atom stereocenters. The summed E-state index contributed by atoms with van der Waals surface area (Å²) in [6.07, 6.45) is 0.619. The lowest BCUT2D eigenvalue weighted by Gasteiger charge is -2.25. The molecule has 0 saturated carbocycles. The van der Waals surface area contributed by atoms with E-state index < -0.39 is 0 Å². The Labute approximate surface area is 152 Å². The minimum atomic E-state index is -0.152. The topological polar surface area (TPSA) is 91.2 Å². The fourth-order valence-corrected chi connectivity index (χ4v) is 3.11. The molecule has 1 aliphatic heterocycles. The van der Waals surface area contributed by atoms with Crippen LogP contribution in [0.3, 0.4) is 0 Å². The summed E-state index contributed by atoms with van der Waals surface area (Å²) < 4.78 is 11.4. The molecular formula is C19H22N4O3. The number of benzene rings is 1. The van der Waals surface area contributed by atoms with Crippen LogP contribution < -0.4 is 4.74 Å². The second-order valence-electron chi connectivity index (χ2n) is 6.44. The summed E-state index contributed by atoms with van der Waals surface area (Å²) in [6, 6.07) is 9.13. The molecule has 7 heteroatoms. The lowest BCUT2D eigenvalue weighted by molar-refractivity contribution is -0.00701. The number of nitriles is 1. The standard InChI is InChI=1S/C19H22N4O3/c1-12-10-15-17(13(2)26-12)21-22-18(15)19(24)23(3)8-9-25-16-7-5-4-6-14(16)11-20/h4-7,12-13H,8-10H2,1-3H3,(H,21,22)/t12-,13+/m1/s1. The van der Waals surface area contributed by atoms with Gasteiger partial charge in [0.25, 0.3) is 5.91 Å². The monoisotopic (exact) mass is 354 g/mol. The van der Waals surface area contributed by atoms with E-state index in [2.05, 4.69) is 16.3 Å². The number of fused-ring (bicyclic) bond motifs is 1. The van der Waals surface area contributed by atoms with Crippen molar-refractivity contribution in [2.75, 3.05) is 20.2 Å². The molecule has 1 amide bonds. The number of nitrogens with zero attached hydrogens (tertiary/aromatic N) is 3. The smallest absolute Gasteiger partial charge is 0.274 e. The van der Waals surface area contributed by atoms with E-state index in [-0.39, 0.29) is 18.1 Å². The number of carbonyl (C=O) groups excluding carboxylic acids is 1. The first kappa shape index (κ1) is 18.0. The maximum atomic E-state index is 12.8. The fourth-order valence-electron chi connectivity index (χ4n) is 3.11. The normalized spacial score (nSPS) is 18.7. The van der Waals surface area contributed by atoms with Crippen molar-refractivity contribution in [3.8, 4) is 11.8 Å². The third-order valence-electron chi connectivity index (χ3n) is 4.47. The third kappa shape index (κ3) is 3.55. The van der Waals surface area contributed by atoms with Gasteiger partial charge in [-0.25, -0.2) is 0 Å². The summed E-state index contributed by atoms with van der Waals surface area (Å²) in [5.41, 5.74) is 2.73. The molecule has 2 atom stereocenters. The Balaban J connectivity index is 1.63. The molecule has 0 saturated heterocycles. The highest BCUT2D eigenvalue weighted by molar-refractivity contribution is 5.94. The molecular weight excluding hydrogens is 332 g/mol. The first-order valence-corrected chi connectivity index (χ1v) is 8.61. The van der Waals surface area contributed by atoms with Crippen molar-refractivity contribution in [1.29, 1.82) is 5.26 Å². The lowest BCUT2D eigenvalue weighted by Crippen LogP contribution is -2.32. The molecule has 0 bridgehead atoms. The van der Waals surface area contributed by atoms with Crippen molar-refractivity contribution in [3.63, 3.8) is 0 Å². The number of rotatable bonds is 5. The first-order chi connectivity index (χ1) is 12.5. The van der Waals surface area contributed by atoms with Gasteiger partial charge in [-0.05, 0) is 26.0 Å². The van der Waals surface area contributed by atoms with Crippen LogP contribution in [0.2, 0.25) is 0 Å². The second kappa shape index (κ2) is 7.58. The highest BCUT2D eigenvalue weighted by Crippen LogP contribution is 2.30. The minimum Gasteiger partial charge on any atom is -0.490 e. The Morgan fingerprint density at radius 3 is 3.00 bits per heavy atom. The number of hydrogen-bond donors (Lipinski definition) is 1. The van der Waals surface area contributed by atoms with Crippen molar-refractivity contribution < 1.29 is 14.3 Å². The van der Waals surface area contributed by atoms with Crippen LogP contribution in [0.4, 0.5) is 0 Å². The predicted molar refractivity (Wildman–Crippen MR) is 94.9 cm³/mol. The fraction of sp³-hybridized carbons (Fsp3) is 0.421. The van der Waals surface area contributed by atoms with Crippen LogP contribution in [0.5, 0.6) is 5.75 Å². The maximum Gasteiger partial charge on any atom is 0.274 e. The number of para-hydroxylation sites is 1. The SMILES string of the molecule is C[C@@H]1Cc2c(C(=O)N(C)CCOc3ccccc3C#N)n[nH]c2[C@H](C)O1. The molecule has 0 radical (unpaired) electrons. The van der Waals surface area contributed by atoms with Gasteiger partial charge in [-0.2, -0.15) is 10.4 Å². The Morgan fingerprint density at radius 2 is 2.23 bits per heavy atom. The van der Waals surface area contributed by atoms with Gasteiger partial charge in [-0.15, -0.1) is 0 Å².